The van der Waals surface area contributed by atoms with Crippen LogP contribution in [-0.4, -0.2) is 9.78 Å². The molecule has 1 aliphatic carbocycles. The summed E-state index contributed by atoms with van der Waals surface area (Å²) >= 11 is 3.37. The molecule has 0 bridgehead atoms. The van der Waals surface area contributed by atoms with Gasteiger partial charge in [0.2, 0.25) is 0 Å². The fourth-order valence-electron chi connectivity index (χ4n) is 1.53. The first-order chi connectivity index (χ1) is 5.27. The van der Waals surface area contributed by atoms with Crippen molar-refractivity contribution in [2.45, 2.75) is 25.2 Å². The van der Waals surface area contributed by atoms with E-state index in [4.69, 9.17) is 0 Å². The molecule has 1 heterocycles. The zero-order valence-electron chi connectivity index (χ0n) is 6.55. The molecule has 1 aliphatic rings. The van der Waals surface area contributed by atoms with E-state index in [9.17, 15) is 0 Å². The SMILES string of the molecule is Cn1nc(Br)cc1C1CCC1. The average Bonchev–Trinajstić information content (AvgIpc) is 2.07. The Bertz CT molecular complexity index is 263. The quantitative estimate of drug-likeness (QED) is 0.703. The Labute approximate surface area is 74.7 Å². The van der Waals surface area contributed by atoms with Crippen LogP contribution >= 0.6 is 15.9 Å². The third kappa shape index (κ3) is 1.22. The van der Waals surface area contributed by atoms with Crippen LogP contribution in [0.25, 0.3) is 0 Å². The zero-order valence-corrected chi connectivity index (χ0v) is 8.13. The second-order valence-electron chi connectivity index (χ2n) is 3.14. The summed E-state index contributed by atoms with van der Waals surface area (Å²) in [6.07, 6.45) is 4.06. The largest absolute Gasteiger partial charge is 0.271 e. The second-order valence-corrected chi connectivity index (χ2v) is 3.96. The van der Waals surface area contributed by atoms with E-state index >= 15 is 0 Å². The van der Waals surface area contributed by atoms with E-state index in [1.807, 2.05) is 11.7 Å². The molecular weight excluding hydrogens is 204 g/mol. The van der Waals surface area contributed by atoms with Gasteiger partial charge in [-0.05, 0) is 34.8 Å². The maximum Gasteiger partial charge on any atom is 0.128 e. The van der Waals surface area contributed by atoms with Crippen LogP contribution in [0.4, 0.5) is 0 Å². The Balaban J connectivity index is 2.28. The van der Waals surface area contributed by atoms with E-state index in [1.165, 1.54) is 25.0 Å². The number of hydrogen-bond acceptors (Lipinski definition) is 1. The van der Waals surface area contributed by atoms with Gasteiger partial charge in [-0.1, -0.05) is 6.42 Å². The summed E-state index contributed by atoms with van der Waals surface area (Å²) in [5, 5.41) is 4.25. The van der Waals surface area contributed by atoms with Gasteiger partial charge in [0.1, 0.15) is 4.60 Å². The molecule has 1 fully saturated rings. The monoisotopic (exact) mass is 214 g/mol. The molecule has 0 saturated heterocycles. The molecule has 0 atom stereocenters. The Morgan fingerprint density at radius 2 is 2.36 bits per heavy atom. The third-order valence-corrected chi connectivity index (χ3v) is 2.80. The Morgan fingerprint density at radius 3 is 2.73 bits per heavy atom. The molecule has 0 unspecified atom stereocenters. The van der Waals surface area contributed by atoms with Gasteiger partial charge in [0.05, 0.1) is 0 Å². The number of aryl methyl sites for hydroxylation is 1. The molecule has 0 aliphatic heterocycles. The van der Waals surface area contributed by atoms with Crippen LogP contribution in [0.2, 0.25) is 0 Å². The highest BCUT2D eigenvalue weighted by atomic mass is 79.9. The van der Waals surface area contributed by atoms with Crippen LogP contribution < -0.4 is 0 Å². The highest BCUT2D eigenvalue weighted by Crippen LogP contribution is 2.36. The highest BCUT2D eigenvalue weighted by Gasteiger charge is 2.22. The van der Waals surface area contributed by atoms with Crippen LogP contribution in [0, 0.1) is 0 Å². The Kier molecular flexibility index (Phi) is 1.75. The average molecular weight is 215 g/mol. The standard InChI is InChI=1S/C8H11BrN2/c1-11-7(5-8(9)10-11)6-3-2-4-6/h5-6H,2-4H2,1H3. The molecule has 0 amide bonds. The summed E-state index contributed by atoms with van der Waals surface area (Å²) in [6, 6.07) is 2.13. The van der Waals surface area contributed by atoms with Crippen LogP contribution in [0.15, 0.2) is 10.7 Å². The fourth-order valence-corrected chi connectivity index (χ4v) is 2.00. The lowest BCUT2D eigenvalue weighted by atomic mass is 9.83. The lowest BCUT2D eigenvalue weighted by Gasteiger charge is -2.24. The predicted molar refractivity (Wildman–Crippen MR) is 47.5 cm³/mol. The minimum absolute atomic E-state index is 0.777. The normalized spacial score (nSPS) is 18.4. The maximum absolute atomic E-state index is 4.25. The van der Waals surface area contributed by atoms with E-state index in [0.29, 0.717) is 0 Å². The topological polar surface area (TPSA) is 17.8 Å². The van der Waals surface area contributed by atoms with Crippen molar-refractivity contribution in [2.75, 3.05) is 0 Å². The number of aromatic nitrogens is 2. The molecule has 3 heteroatoms. The molecule has 0 N–H and O–H groups in total. The number of rotatable bonds is 1. The summed E-state index contributed by atoms with van der Waals surface area (Å²) < 4.78 is 2.94. The molecule has 0 radical (unpaired) electrons. The van der Waals surface area contributed by atoms with Crippen molar-refractivity contribution in [3.05, 3.63) is 16.4 Å². The van der Waals surface area contributed by atoms with Crippen LogP contribution in [-0.2, 0) is 7.05 Å². The summed E-state index contributed by atoms with van der Waals surface area (Å²) in [4.78, 5) is 0. The van der Waals surface area contributed by atoms with Crippen LogP contribution in [0.5, 0.6) is 0 Å². The predicted octanol–water partition coefficient (Wildman–Crippen LogP) is 2.45. The second kappa shape index (κ2) is 2.63. The first-order valence-corrected chi connectivity index (χ1v) is 4.76. The van der Waals surface area contributed by atoms with Crippen molar-refractivity contribution in [1.82, 2.24) is 9.78 Å². The Hall–Kier alpha value is -0.310. The zero-order chi connectivity index (χ0) is 7.84. The molecule has 11 heavy (non-hydrogen) atoms. The molecule has 1 aromatic rings. The van der Waals surface area contributed by atoms with E-state index in [1.54, 1.807) is 0 Å². The van der Waals surface area contributed by atoms with Crippen molar-refractivity contribution in [3.63, 3.8) is 0 Å². The molecular formula is C8H11BrN2. The smallest absolute Gasteiger partial charge is 0.128 e. The van der Waals surface area contributed by atoms with Gasteiger partial charge in [0.25, 0.3) is 0 Å². The third-order valence-electron chi connectivity index (χ3n) is 2.41. The lowest BCUT2D eigenvalue weighted by molar-refractivity contribution is 0.397. The van der Waals surface area contributed by atoms with E-state index in [-0.39, 0.29) is 0 Å². The van der Waals surface area contributed by atoms with Crippen molar-refractivity contribution in [1.29, 1.82) is 0 Å². The highest BCUT2D eigenvalue weighted by molar-refractivity contribution is 9.10. The number of nitrogens with zero attached hydrogens (tertiary/aromatic N) is 2. The molecule has 2 nitrogen and oxygen atoms in total. The van der Waals surface area contributed by atoms with Gasteiger partial charge in [0, 0.05) is 18.7 Å². The first-order valence-electron chi connectivity index (χ1n) is 3.97. The number of halogens is 1. The van der Waals surface area contributed by atoms with Crippen molar-refractivity contribution >= 4 is 15.9 Å². The van der Waals surface area contributed by atoms with Gasteiger partial charge < -0.3 is 0 Å². The van der Waals surface area contributed by atoms with Crippen molar-refractivity contribution in [3.8, 4) is 0 Å². The summed E-state index contributed by atoms with van der Waals surface area (Å²) in [5.41, 5.74) is 1.38. The summed E-state index contributed by atoms with van der Waals surface area (Å²) in [6.45, 7) is 0. The van der Waals surface area contributed by atoms with Gasteiger partial charge in [-0.25, -0.2) is 0 Å². The molecule has 0 spiro atoms. The summed E-state index contributed by atoms with van der Waals surface area (Å²) in [7, 11) is 2.01. The lowest BCUT2D eigenvalue weighted by Crippen LogP contribution is -2.12. The minimum Gasteiger partial charge on any atom is -0.271 e. The first kappa shape index (κ1) is 7.35. The molecule has 60 valence electrons. The van der Waals surface area contributed by atoms with Gasteiger partial charge in [-0.2, -0.15) is 5.10 Å². The minimum atomic E-state index is 0.777. The van der Waals surface area contributed by atoms with Crippen LogP contribution in [0.3, 0.4) is 0 Å². The fraction of sp³-hybridized carbons (Fsp3) is 0.625. The van der Waals surface area contributed by atoms with Gasteiger partial charge in [-0.3, -0.25) is 4.68 Å². The van der Waals surface area contributed by atoms with E-state index in [0.717, 1.165) is 10.5 Å². The van der Waals surface area contributed by atoms with Crippen molar-refractivity contribution < 1.29 is 0 Å². The Morgan fingerprint density at radius 1 is 1.64 bits per heavy atom. The molecule has 1 aromatic heterocycles. The van der Waals surface area contributed by atoms with Crippen LogP contribution in [0.1, 0.15) is 30.9 Å². The van der Waals surface area contributed by atoms with E-state index < -0.39 is 0 Å². The van der Waals surface area contributed by atoms with Gasteiger partial charge >= 0.3 is 0 Å². The molecule has 0 aromatic carbocycles. The van der Waals surface area contributed by atoms with Gasteiger partial charge in [0.15, 0.2) is 0 Å². The maximum atomic E-state index is 4.25. The van der Waals surface area contributed by atoms with Crippen molar-refractivity contribution in [2.24, 2.45) is 7.05 Å². The van der Waals surface area contributed by atoms with Gasteiger partial charge in [-0.15, -0.1) is 0 Å². The molecule has 1 saturated carbocycles. The molecule has 2 rings (SSSR count). The number of hydrogen-bond donors (Lipinski definition) is 0. The summed E-state index contributed by atoms with van der Waals surface area (Å²) in [5.74, 6) is 0.777. The van der Waals surface area contributed by atoms with E-state index in [2.05, 4.69) is 27.1 Å².